The standard InChI is InChI=1S/C13H12F3N3O2S/c1-8-6-9(21-19-8)7-17-12(20)18-10-4-2-3-5-11(10)22-13(14,15)16/h2-6H,7H2,1H3,(H2,17,18,20). The maximum atomic E-state index is 12.4. The van der Waals surface area contributed by atoms with Gasteiger partial charge in [-0.3, -0.25) is 0 Å². The summed E-state index contributed by atoms with van der Waals surface area (Å²) in [5.74, 6) is 0.450. The van der Waals surface area contributed by atoms with E-state index in [0.29, 0.717) is 11.5 Å². The minimum absolute atomic E-state index is 0.0797. The smallest absolute Gasteiger partial charge is 0.359 e. The first-order valence-electron chi connectivity index (χ1n) is 6.15. The van der Waals surface area contributed by atoms with Gasteiger partial charge in [0.2, 0.25) is 0 Å². The van der Waals surface area contributed by atoms with E-state index in [4.69, 9.17) is 4.52 Å². The Morgan fingerprint density at radius 1 is 1.36 bits per heavy atom. The fraction of sp³-hybridized carbons (Fsp3) is 0.231. The van der Waals surface area contributed by atoms with E-state index in [1.54, 1.807) is 13.0 Å². The molecule has 2 N–H and O–H groups in total. The highest BCUT2D eigenvalue weighted by Gasteiger charge is 2.30. The van der Waals surface area contributed by atoms with Gasteiger partial charge >= 0.3 is 11.5 Å². The molecule has 1 aromatic heterocycles. The van der Waals surface area contributed by atoms with Crippen molar-refractivity contribution in [2.75, 3.05) is 5.32 Å². The number of aryl methyl sites for hydroxylation is 1. The summed E-state index contributed by atoms with van der Waals surface area (Å²) in [5, 5.41) is 8.51. The zero-order chi connectivity index (χ0) is 16.2. The topological polar surface area (TPSA) is 67.2 Å². The van der Waals surface area contributed by atoms with Crippen molar-refractivity contribution in [3.8, 4) is 0 Å². The van der Waals surface area contributed by atoms with Crippen molar-refractivity contribution < 1.29 is 22.5 Å². The number of nitrogens with one attached hydrogen (secondary N) is 2. The summed E-state index contributed by atoms with van der Waals surface area (Å²) in [5.41, 5.74) is -3.67. The Morgan fingerprint density at radius 2 is 2.09 bits per heavy atom. The van der Waals surface area contributed by atoms with Crippen LogP contribution in [0.5, 0.6) is 0 Å². The molecular formula is C13H12F3N3O2S. The zero-order valence-electron chi connectivity index (χ0n) is 11.4. The number of carbonyl (C=O) groups excluding carboxylic acids is 1. The Morgan fingerprint density at radius 3 is 2.73 bits per heavy atom. The minimum Gasteiger partial charge on any atom is -0.359 e. The predicted octanol–water partition coefficient (Wildman–Crippen LogP) is 3.92. The van der Waals surface area contributed by atoms with Crippen LogP contribution in [0.2, 0.25) is 0 Å². The van der Waals surface area contributed by atoms with Crippen LogP contribution in [-0.4, -0.2) is 16.7 Å². The van der Waals surface area contributed by atoms with Crippen LogP contribution in [0.3, 0.4) is 0 Å². The molecule has 2 amide bonds. The Kier molecular flexibility index (Phi) is 4.96. The van der Waals surface area contributed by atoms with E-state index in [9.17, 15) is 18.0 Å². The van der Waals surface area contributed by atoms with Gasteiger partial charge in [-0.1, -0.05) is 17.3 Å². The monoisotopic (exact) mass is 331 g/mol. The Labute approximate surface area is 128 Å². The van der Waals surface area contributed by atoms with Crippen LogP contribution in [-0.2, 0) is 6.54 Å². The number of hydrogen-bond donors (Lipinski definition) is 2. The van der Waals surface area contributed by atoms with Gasteiger partial charge in [0.15, 0.2) is 5.76 Å². The summed E-state index contributed by atoms with van der Waals surface area (Å²) >= 11 is -0.284. The van der Waals surface area contributed by atoms with Gasteiger partial charge in [-0.15, -0.1) is 0 Å². The first-order chi connectivity index (χ1) is 10.3. The lowest BCUT2D eigenvalue weighted by molar-refractivity contribution is -0.0328. The summed E-state index contributed by atoms with van der Waals surface area (Å²) in [6.07, 6.45) is 0. The number of anilines is 1. The summed E-state index contributed by atoms with van der Waals surface area (Å²) < 4.78 is 42.2. The molecule has 118 valence electrons. The molecule has 5 nitrogen and oxygen atoms in total. The summed E-state index contributed by atoms with van der Waals surface area (Å²) in [7, 11) is 0. The molecule has 0 bridgehead atoms. The molecule has 0 unspecified atom stereocenters. The molecule has 0 fully saturated rings. The van der Waals surface area contributed by atoms with Crippen molar-refractivity contribution in [3.05, 3.63) is 41.8 Å². The Hall–Kier alpha value is -2.16. The zero-order valence-corrected chi connectivity index (χ0v) is 12.2. The van der Waals surface area contributed by atoms with Crippen LogP contribution in [0.4, 0.5) is 23.7 Å². The van der Waals surface area contributed by atoms with Gasteiger partial charge in [-0.25, -0.2) is 4.79 Å². The van der Waals surface area contributed by atoms with Gasteiger partial charge in [0.1, 0.15) is 0 Å². The van der Waals surface area contributed by atoms with E-state index in [2.05, 4.69) is 15.8 Å². The number of carbonyl (C=O) groups is 1. The predicted molar refractivity (Wildman–Crippen MR) is 75.5 cm³/mol. The average molecular weight is 331 g/mol. The number of amides is 2. The minimum atomic E-state index is -4.42. The molecule has 0 atom stereocenters. The van der Waals surface area contributed by atoms with Crippen LogP contribution in [0, 0.1) is 6.92 Å². The molecule has 1 aromatic carbocycles. The van der Waals surface area contributed by atoms with Gasteiger partial charge in [-0.05, 0) is 30.8 Å². The molecule has 2 aromatic rings. The number of rotatable bonds is 4. The second-order valence-corrected chi connectivity index (χ2v) is 5.39. The number of hydrogen-bond acceptors (Lipinski definition) is 4. The lowest BCUT2D eigenvalue weighted by atomic mass is 10.3. The molecule has 1 heterocycles. The van der Waals surface area contributed by atoms with Crippen molar-refractivity contribution in [1.29, 1.82) is 0 Å². The van der Waals surface area contributed by atoms with Crippen molar-refractivity contribution in [3.63, 3.8) is 0 Å². The van der Waals surface area contributed by atoms with Crippen LogP contribution in [0.1, 0.15) is 11.5 Å². The molecule has 0 saturated heterocycles. The Balaban J connectivity index is 1.96. The second-order valence-electron chi connectivity index (χ2n) is 4.29. The van der Waals surface area contributed by atoms with Crippen LogP contribution < -0.4 is 10.6 Å². The normalized spacial score (nSPS) is 11.3. The highest BCUT2D eigenvalue weighted by molar-refractivity contribution is 8.00. The highest BCUT2D eigenvalue weighted by Crippen LogP contribution is 2.40. The van der Waals surface area contributed by atoms with Crippen molar-refractivity contribution in [2.45, 2.75) is 23.9 Å². The summed E-state index contributed by atoms with van der Waals surface area (Å²) in [6, 6.07) is 6.70. The molecule has 2 rings (SSSR count). The van der Waals surface area contributed by atoms with Crippen LogP contribution in [0.15, 0.2) is 39.8 Å². The second kappa shape index (κ2) is 6.73. The molecule has 0 aliphatic heterocycles. The van der Waals surface area contributed by atoms with Crippen LogP contribution >= 0.6 is 11.8 Å². The largest absolute Gasteiger partial charge is 0.446 e. The third kappa shape index (κ3) is 4.99. The van der Waals surface area contributed by atoms with Gasteiger partial charge in [-0.2, -0.15) is 13.2 Å². The molecule has 22 heavy (non-hydrogen) atoms. The number of urea groups is 1. The molecule has 0 aliphatic rings. The lowest BCUT2D eigenvalue weighted by Crippen LogP contribution is -2.28. The number of para-hydroxylation sites is 1. The van der Waals surface area contributed by atoms with E-state index < -0.39 is 11.5 Å². The quantitative estimate of drug-likeness (QED) is 0.834. The average Bonchev–Trinajstić information content (AvgIpc) is 2.83. The SMILES string of the molecule is Cc1cc(CNC(=O)Nc2ccccc2SC(F)(F)F)on1. The van der Waals surface area contributed by atoms with Crippen molar-refractivity contribution in [1.82, 2.24) is 10.5 Å². The molecular weight excluding hydrogens is 319 g/mol. The van der Waals surface area contributed by atoms with Crippen molar-refractivity contribution in [2.24, 2.45) is 0 Å². The first-order valence-corrected chi connectivity index (χ1v) is 6.97. The summed E-state index contributed by atoms with van der Waals surface area (Å²) in [6.45, 7) is 1.82. The number of nitrogens with zero attached hydrogens (tertiary/aromatic N) is 1. The van der Waals surface area contributed by atoms with Gasteiger partial charge in [0, 0.05) is 11.0 Å². The third-order valence-electron chi connectivity index (χ3n) is 2.46. The van der Waals surface area contributed by atoms with Crippen molar-refractivity contribution >= 4 is 23.5 Å². The number of thioether (sulfide) groups is 1. The number of aromatic nitrogens is 1. The lowest BCUT2D eigenvalue weighted by Gasteiger charge is -2.12. The third-order valence-corrected chi connectivity index (χ3v) is 3.27. The summed E-state index contributed by atoms with van der Waals surface area (Å²) in [4.78, 5) is 11.7. The van der Waals surface area contributed by atoms with Gasteiger partial charge < -0.3 is 15.2 Å². The number of benzene rings is 1. The molecule has 0 radical (unpaired) electrons. The number of alkyl halides is 3. The van der Waals surface area contributed by atoms with Crippen LogP contribution in [0.25, 0.3) is 0 Å². The van der Waals surface area contributed by atoms with Gasteiger partial charge in [0.05, 0.1) is 17.9 Å². The molecule has 9 heteroatoms. The Bertz CT molecular complexity index is 658. The van der Waals surface area contributed by atoms with Gasteiger partial charge in [0.25, 0.3) is 0 Å². The number of halogens is 3. The maximum Gasteiger partial charge on any atom is 0.446 e. The van der Waals surface area contributed by atoms with E-state index in [-0.39, 0.29) is 28.9 Å². The van der Waals surface area contributed by atoms with E-state index in [1.807, 2.05) is 0 Å². The molecule has 0 saturated carbocycles. The highest BCUT2D eigenvalue weighted by atomic mass is 32.2. The van der Waals surface area contributed by atoms with E-state index in [0.717, 1.165) is 0 Å². The van der Waals surface area contributed by atoms with E-state index >= 15 is 0 Å². The fourth-order valence-electron chi connectivity index (χ4n) is 1.62. The van der Waals surface area contributed by atoms with E-state index in [1.165, 1.54) is 24.3 Å². The fourth-order valence-corrected chi connectivity index (χ4v) is 2.24. The molecule has 0 aliphatic carbocycles. The maximum absolute atomic E-state index is 12.4. The first kappa shape index (κ1) is 16.2. The molecule has 0 spiro atoms.